The highest BCUT2D eigenvalue weighted by Gasteiger charge is 2.21. The van der Waals surface area contributed by atoms with Crippen molar-refractivity contribution in [2.45, 2.75) is 26.0 Å². The van der Waals surface area contributed by atoms with Crippen LogP contribution in [0.5, 0.6) is 11.5 Å². The first kappa shape index (κ1) is 16.1. The molecule has 5 heteroatoms. The number of benzene rings is 1. The van der Waals surface area contributed by atoms with Crippen LogP contribution in [0.25, 0.3) is 0 Å². The fourth-order valence-corrected chi connectivity index (χ4v) is 2.77. The second-order valence-electron chi connectivity index (χ2n) is 5.42. The molecule has 0 saturated heterocycles. The van der Waals surface area contributed by atoms with E-state index in [1.807, 2.05) is 6.92 Å². The quantitative estimate of drug-likeness (QED) is 0.787. The van der Waals surface area contributed by atoms with Gasteiger partial charge < -0.3 is 19.9 Å². The van der Waals surface area contributed by atoms with E-state index < -0.39 is 0 Å². The van der Waals surface area contributed by atoms with Crippen molar-refractivity contribution in [3.05, 3.63) is 23.3 Å². The number of hydrogen-bond donors (Lipinski definition) is 2. The molecule has 0 amide bonds. The van der Waals surface area contributed by atoms with Crippen molar-refractivity contribution in [3.63, 3.8) is 0 Å². The molecule has 0 radical (unpaired) electrons. The first-order valence-electron chi connectivity index (χ1n) is 7.52. The SMILES string of the molecule is CCNCC(O)CN1CCc2cc(OC)c(OC)cc2C1. The van der Waals surface area contributed by atoms with Gasteiger partial charge in [0.25, 0.3) is 0 Å². The van der Waals surface area contributed by atoms with Crippen molar-refractivity contribution in [1.29, 1.82) is 0 Å². The van der Waals surface area contributed by atoms with E-state index in [2.05, 4.69) is 22.3 Å². The van der Waals surface area contributed by atoms with Gasteiger partial charge in [0.05, 0.1) is 20.3 Å². The van der Waals surface area contributed by atoms with Gasteiger partial charge in [0, 0.05) is 26.2 Å². The predicted molar refractivity (Wildman–Crippen MR) is 83.1 cm³/mol. The van der Waals surface area contributed by atoms with Crippen LogP contribution < -0.4 is 14.8 Å². The zero-order valence-electron chi connectivity index (χ0n) is 13.2. The number of nitrogens with zero attached hydrogens (tertiary/aromatic N) is 1. The van der Waals surface area contributed by atoms with E-state index in [1.165, 1.54) is 11.1 Å². The molecule has 1 aromatic rings. The van der Waals surface area contributed by atoms with Crippen LogP contribution in [0, 0.1) is 0 Å². The molecule has 0 bridgehead atoms. The lowest BCUT2D eigenvalue weighted by atomic mass is 9.98. The lowest BCUT2D eigenvalue weighted by Gasteiger charge is -2.31. The van der Waals surface area contributed by atoms with Crippen LogP contribution >= 0.6 is 0 Å². The topological polar surface area (TPSA) is 54.0 Å². The summed E-state index contributed by atoms with van der Waals surface area (Å²) < 4.78 is 10.7. The molecule has 2 N–H and O–H groups in total. The van der Waals surface area contributed by atoms with E-state index in [9.17, 15) is 5.11 Å². The third kappa shape index (κ3) is 4.09. The van der Waals surface area contributed by atoms with Crippen LogP contribution in [-0.2, 0) is 13.0 Å². The molecular weight excluding hydrogens is 268 g/mol. The van der Waals surface area contributed by atoms with Gasteiger partial charge in [-0.15, -0.1) is 0 Å². The van der Waals surface area contributed by atoms with Crippen molar-refractivity contribution in [1.82, 2.24) is 10.2 Å². The van der Waals surface area contributed by atoms with Gasteiger partial charge in [0.2, 0.25) is 0 Å². The highest BCUT2D eigenvalue weighted by atomic mass is 16.5. The van der Waals surface area contributed by atoms with Gasteiger partial charge in [0.15, 0.2) is 11.5 Å². The van der Waals surface area contributed by atoms with E-state index >= 15 is 0 Å². The average molecular weight is 294 g/mol. The number of nitrogens with one attached hydrogen (secondary N) is 1. The maximum Gasteiger partial charge on any atom is 0.161 e. The summed E-state index contributed by atoms with van der Waals surface area (Å²) in [5.41, 5.74) is 2.57. The monoisotopic (exact) mass is 294 g/mol. The second-order valence-corrected chi connectivity index (χ2v) is 5.42. The number of β-amino-alcohol motifs (C(OH)–C–C–N with tert-alkyl or cyclic N) is 1. The highest BCUT2D eigenvalue weighted by molar-refractivity contribution is 5.48. The number of likely N-dealkylation sites (N-methyl/N-ethyl adjacent to an activating group) is 1. The molecule has 1 unspecified atom stereocenters. The van der Waals surface area contributed by atoms with Crippen LogP contribution in [0.3, 0.4) is 0 Å². The van der Waals surface area contributed by atoms with Gasteiger partial charge in [-0.2, -0.15) is 0 Å². The fourth-order valence-electron chi connectivity index (χ4n) is 2.77. The van der Waals surface area contributed by atoms with E-state index in [1.54, 1.807) is 14.2 Å². The molecule has 1 aromatic carbocycles. The summed E-state index contributed by atoms with van der Waals surface area (Å²) in [4.78, 5) is 2.29. The van der Waals surface area contributed by atoms with Crippen LogP contribution in [-0.4, -0.2) is 56.5 Å². The van der Waals surface area contributed by atoms with Crippen molar-refractivity contribution in [2.75, 3.05) is 40.4 Å². The van der Waals surface area contributed by atoms with Gasteiger partial charge in [0.1, 0.15) is 0 Å². The second kappa shape index (κ2) is 7.64. The smallest absolute Gasteiger partial charge is 0.161 e. The van der Waals surface area contributed by atoms with Crippen molar-refractivity contribution >= 4 is 0 Å². The number of hydrogen-bond acceptors (Lipinski definition) is 5. The zero-order chi connectivity index (χ0) is 15.2. The van der Waals surface area contributed by atoms with E-state index in [-0.39, 0.29) is 6.10 Å². The summed E-state index contributed by atoms with van der Waals surface area (Å²) in [5.74, 6) is 1.56. The summed E-state index contributed by atoms with van der Waals surface area (Å²) >= 11 is 0. The van der Waals surface area contributed by atoms with Crippen molar-refractivity contribution in [3.8, 4) is 11.5 Å². The molecule has 0 spiro atoms. The maximum atomic E-state index is 10.0. The first-order chi connectivity index (χ1) is 10.2. The fraction of sp³-hybridized carbons (Fsp3) is 0.625. The molecule has 0 fully saturated rings. The Balaban J connectivity index is 2.02. The minimum Gasteiger partial charge on any atom is -0.493 e. The molecule has 1 aliphatic rings. The predicted octanol–water partition coefficient (Wildman–Crippen LogP) is 1.03. The molecule has 2 rings (SSSR count). The van der Waals surface area contributed by atoms with E-state index in [0.717, 1.165) is 37.6 Å². The minimum atomic E-state index is -0.327. The lowest BCUT2D eigenvalue weighted by Crippen LogP contribution is -2.40. The molecular formula is C16H26N2O3. The Hall–Kier alpha value is -1.30. The van der Waals surface area contributed by atoms with Crippen molar-refractivity contribution < 1.29 is 14.6 Å². The third-order valence-corrected chi connectivity index (χ3v) is 3.90. The number of ether oxygens (including phenoxy) is 2. The van der Waals surface area contributed by atoms with E-state index in [0.29, 0.717) is 13.1 Å². The number of aliphatic hydroxyl groups is 1. The Morgan fingerprint density at radius 1 is 1.24 bits per heavy atom. The number of rotatable bonds is 7. The van der Waals surface area contributed by atoms with Crippen molar-refractivity contribution in [2.24, 2.45) is 0 Å². The largest absolute Gasteiger partial charge is 0.493 e. The van der Waals surface area contributed by atoms with Crippen LogP contribution in [0.15, 0.2) is 12.1 Å². The Labute approximate surface area is 126 Å². The third-order valence-electron chi connectivity index (χ3n) is 3.90. The van der Waals surface area contributed by atoms with Crippen LogP contribution in [0.2, 0.25) is 0 Å². The van der Waals surface area contributed by atoms with Crippen LogP contribution in [0.1, 0.15) is 18.1 Å². The molecule has 5 nitrogen and oxygen atoms in total. The Morgan fingerprint density at radius 3 is 2.52 bits per heavy atom. The number of aliphatic hydroxyl groups excluding tert-OH is 1. The van der Waals surface area contributed by atoms with E-state index in [4.69, 9.17) is 9.47 Å². The van der Waals surface area contributed by atoms with Gasteiger partial charge in [-0.3, -0.25) is 4.90 Å². The first-order valence-corrected chi connectivity index (χ1v) is 7.52. The number of fused-ring (bicyclic) bond motifs is 1. The summed E-state index contributed by atoms with van der Waals surface area (Å²) in [6, 6.07) is 4.12. The average Bonchev–Trinajstić information content (AvgIpc) is 2.51. The van der Waals surface area contributed by atoms with Gasteiger partial charge in [-0.25, -0.2) is 0 Å². The Bertz CT molecular complexity index is 465. The molecule has 1 heterocycles. The molecule has 21 heavy (non-hydrogen) atoms. The summed E-state index contributed by atoms with van der Waals surface area (Å²) in [5, 5.41) is 13.2. The normalized spacial score (nSPS) is 16.4. The van der Waals surface area contributed by atoms with Gasteiger partial charge in [-0.1, -0.05) is 6.92 Å². The van der Waals surface area contributed by atoms with Gasteiger partial charge in [-0.05, 0) is 36.2 Å². The minimum absolute atomic E-state index is 0.327. The standard InChI is InChI=1S/C16H26N2O3/c1-4-17-9-14(19)11-18-6-5-12-7-15(20-2)16(21-3)8-13(12)10-18/h7-8,14,17,19H,4-6,9-11H2,1-3H3. The summed E-state index contributed by atoms with van der Waals surface area (Å²) in [6.45, 7) is 6.08. The van der Waals surface area contributed by atoms with Gasteiger partial charge >= 0.3 is 0 Å². The maximum absolute atomic E-state index is 10.0. The Kier molecular flexibility index (Phi) is 5.85. The summed E-state index contributed by atoms with van der Waals surface area (Å²) in [7, 11) is 3.32. The molecule has 118 valence electrons. The lowest BCUT2D eigenvalue weighted by molar-refractivity contribution is 0.105. The highest BCUT2D eigenvalue weighted by Crippen LogP contribution is 2.33. The molecule has 1 atom stereocenters. The number of methoxy groups -OCH3 is 2. The molecule has 0 saturated carbocycles. The van der Waals surface area contributed by atoms with Crippen LogP contribution in [0.4, 0.5) is 0 Å². The molecule has 0 aliphatic carbocycles. The molecule has 0 aromatic heterocycles. The Morgan fingerprint density at radius 2 is 1.90 bits per heavy atom. The zero-order valence-corrected chi connectivity index (χ0v) is 13.2. The summed E-state index contributed by atoms with van der Waals surface area (Å²) in [6.07, 6.45) is 0.649. The molecule has 1 aliphatic heterocycles.